The maximum absolute atomic E-state index is 13.7. The number of primary amides is 1. The number of nitrogens with zero attached hydrogens (tertiary/aromatic N) is 7. The molecular weight excluding hydrogens is 1750 g/mol. The van der Waals surface area contributed by atoms with Crippen LogP contribution in [-0.2, 0) is 67.1 Å². The Labute approximate surface area is 795 Å². The van der Waals surface area contributed by atoms with Crippen LogP contribution in [0.1, 0.15) is 270 Å². The number of guanidine groups is 7. The number of unbranched alkanes of at least 4 members (excludes halogenated alkanes) is 15. The van der Waals surface area contributed by atoms with Gasteiger partial charge in [-0.15, -0.1) is 0 Å². The van der Waals surface area contributed by atoms with Crippen molar-refractivity contribution in [1.29, 1.82) is 0 Å². The van der Waals surface area contributed by atoms with Crippen molar-refractivity contribution in [2.24, 2.45) is 104 Å². The van der Waals surface area contributed by atoms with Crippen LogP contribution >= 0.6 is 0 Å². The first kappa shape index (κ1) is 122. The van der Waals surface area contributed by atoms with E-state index in [0.717, 1.165) is 0 Å². The quantitative estimate of drug-likeness (QED) is 0.0154. The van der Waals surface area contributed by atoms with E-state index in [2.05, 4.69) is 120 Å². The monoisotopic (exact) mass is 1910 g/mol. The predicted molar refractivity (Wildman–Crippen MR) is 525 cm³/mol. The Morgan fingerprint density at radius 3 is 0.563 bits per heavy atom. The first-order chi connectivity index (χ1) is 64.6. The smallest absolute Gasteiger partial charge is 0.242 e. The molecule has 14 amide bonds. The van der Waals surface area contributed by atoms with Gasteiger partial charge < -0.3 is 154 Å². The van der Waals surface area contributed by atoms with E-state index in [1.165, 1.54) is 6.92 Å². The van der Waals surface area contributed by atoms with Crippen LogP contribution in [0.2, 0.25) is 0 Å². The molecule has 0 heterocycles. The van der Waals surface area contributed by atoms with Crippen molar-refractivity contribution in [3.8, 4) is 0 Å². The van der Waals surface area contributed by atoms with Gasteiger partial charge in [0.25, 0.3) is 0 Å². The molecule has 0 aromatic carbocycles. The fraction of sp³-hybridized carbons (Fsp3) is 0.756. The van der Waals surface area contributed by atoms with Crippen LogP contribution in [0.25, 0.3) is 0 Å². The third-order valence-corrected chi connectivity index (χ3v) is 21.1. The Bertz CT molecular complexity index is 3680. The molecule has 0 aliphatic heterocycles. The second-order valence-electron chi connectivity index (χ2n) is 32.9. The summed E-state index contributed by atoms with van der Waals surface area (Å²) in [5, 5.41) is 45.9. The lowest BCUT2D eigenvalue weighted by Gasteiger charge is -2.19. The second-order valence-corrected chi connectivity index (χ2v) is 32.9. The van der Waals surface area contributed by atoms with E-state index < -0.39 is 60.0 Å². The molecule has 0 unspecified atom stereocenters. The minimum Gasteiger partial charge on any atom is -0.370 e. The molecule has 7 atom stereocenters. The van der Waals surface area contributed by atoms with Gasteiger partial charge in [-0.2, -0.15) is 0 Å². The van der Waals surface area contributed by atoms with E-state index in [1.54, 1.807) is 21.1 Å². The molecule has 0 spiro atoms. The Hall–Kier alpha value is -12.5. The largest absolute Gasteiger partial charge is 0.370 e. The molecule has 49 nitrogen and oxygen atoms in total. The number of hydrogen-bond acceptors (Lipinski definition) is 21. The zero-order chi connectivity index (χ0) is 101. The van der Waals surface area contributed by atoms with E-state index in [1.807, 2.05) is 0 Å². The van der Waals surface area contributed by atoms with Gasteiger partial charge in [0.05, 0.1) is 0 Å². The van der Waals surface area contributed by atoms with Crippen LogP contribution in [0, 0.1) is 0 Å². The Morgan fingerprint density at radius 1 is 0.207 bits per heavy atom. The highest BCUT2D eigenvalue weighted by Gasteiger charge is 2.28. The molecule has 0 aromatic heterocycles. The molecule has 0 aliphatic carbocycles. The molecule has 0 aliphatic rings. The summed E-state index contributed by atoms with van der Waals surface area (Å²) < 4.78 is 0. The van der Waals surface area contributed by atoms with Gasteiger partial charge >= 0.3 is 0 Å². The van der Waals surface area contributed by atoms with Crippen LogP contribution in [0.3, 0.4) is 0 Å². The Kier molecular flexibility index (Phi) is 72.6. The molecule has 0 bridgehead atoms. The van der Waals surface area contributed by atoms with Crippen LogP contribution in [0.4, 0.5) is 0 Å². The number of nitrogens with two attached hydrogens (primary N) is 12. The van der Waals surface area contributed by atoms with Gasteiger partial charge in [-0.1, -0.05) is 38.5 Å². The Balaban J connectivity index is 5.45. The minimum absolute atomic E-state index is 0.0637. The third kappa shape index (κ3) is 71.7. The first-order valence-corrected chi connectivity index (χ1v) is 47.7. The van der Waals surface area contributed by atoms with Crippen molar-refractivity contribution in [3.63, 3.8) is 0 Å². The van der Waals surface area contributed by atoms with E-state index in [-0.39, 0.29) is 210 Å². The average Bonchev–Trinajstić information content (AvgIpc) is 0.936. The van der Waals surface area contributed by atoms with Gasteiger partial charge in [-0.3, -0.25) is 102 Å². The number of carbonyl (C=O) groups is 14. The molecule has 0 rings (SSSR count). The van der Waals surface area contributed by atoms with Crippen molar-refractivity contribution in [2.75, 3.05) is 106 Å². The summed E-state index contributed by atoms with van der Waals surface area (Å²) in [5.74, 6) is -4.76. The summed E-state index contributed by atoms with van der Waals surface area (Å²) in [6.07, 6.45) is 17.6. The van der Waals surface area contributed by atoms with Gasteiger partial charge in [0.2, 0.25) is 82.7 Å². The summed E-state index contributed by atoms with van der Waals surface area (Å²) in [5.41, 5.74) is 66.4. The van der Waals surface area contributed by atoms with E-state index in [0.29, 0.717) is 245 Å². The number of hydrogen-bond donors (Lipinski definition) is 28. The van der Waals surface area contributed by atoms with Crippen LogP contribution in [0.5, 0.6) is 0 Å². The second kappa shape index (κ2) is 80.0. The van der Waals surface area contributed by atoms with E-state index in [4.69, 9.17) is 68.8 Å². The van der Waals surface area contributed by atoms with Crippen molar-refractivity contribution in [2.45, 2.75) is 312 Å². The summed E-state index contributed by atoms with van der Waals surface area (Å²) in [7, 11) is 4.68. The van der Waals surface area contributed by atoms with Crippen LogP contribution < -0.4 is 154 Å². The SMILES string of the molecule is CN=C(N)NCCCC[C@H](NC(=O)CCCCCNC(=O)[C@H](CCCN=C(N)N)NC(C)=O)C(=O)NCCCCCC(=O)N[C@@H](CCCN=C(N)N)C(=O)NCCCCCC(=O)N[C@@H](CCCCNC(N)=NC)C(=O)NCCCCCC(=O)N[C@@H](CCCN=C(N)N)C(=O)NCCCCCC(=O)N[C@@H](CCCCNC(N)=NC)C(=O)NCCCCCC(=O)N[C@@H](CCCN=C(N)N)C(N)=O. The maximum Gasteiger partial charge on any atom is 0.242 e. The molecule has 770 valence electrons. The first-order valence-electron chi connectivity index (χ1n) is 47.7. The van der Waals surface area contributed by atoms with Crippen molar-refractivity contribution < 1.29 is 67.1 Å². The maximum atomic E-state index is 13.7. The molecule has 0 saturated carbocycles. The lowest BCUT2D eigenvalue weighted by molar-refractivity contribution is -0.129. The molecule has 0 saturated heterocycles. The van der Waals surface area contributed by atoms with Gasteiger partial charge in [0.15, 0.2) is 41.7 Å². The fourth-order valence-electron chi connectivity index (χ4n) is 13.6. The van der Waals surface area contributed by atoms with Crippen molar-refractivity contribution in [1.82, 2.24) is 85.1 Å². The van der Waals surface area contributed by atoms with Gasteiger partial charge in [0, 0.05) is 152 Å². The average molecular weight is 1920 g/mol. The molecule has 0 radical (unpaired) electrons. The summed E-state index contributed by atoms with van der Waals surface area (Å²) in [6, 6.07) is -5.88. The van der Waals surface area contributed by atoms with Crippen molar-refractivity contribution >= 4 is 124 Å². The third-order valence-electron chi connectivity index (χ3n) is 21.1. The number of rotatable bonds is 81. The highest BCUT2D eigenvalue weighted by molar-refractivity contribution is 5.92. The molecule has 135 heavy (non-hydrogen) atoms. The summed E-state index contributed by atoms with van der Waals surface area (Å²) >= 11 is 0. The van der Waals surface area contributed by atoms with E-state index in [9.17, 15) is 67.1 Å². The standard InChI is InChI=1S/C86H167N35O14/c1-59(122)115-61(37-30-56-109-81(90)91)74(130)102-46-20-6-12-41-68(124)117-63(34-18-27-53-113-85(97)100-3)76(132)104-48-22-9-15-44-71(127)120-66(39-32-58-111-83(94)95)79(135)107-51-25-8-14-43-70(126)119-64(35-19-28-54-114-86(98)101-4)77(133)105-49-23-10-16-45-72(128)121-65(38-31-57-110-82(92)93)78(134)106-50-24-7-13-42-69(125)118-62(33-17-26-52-112-84(96)99-2)75(131)103-47-21-5-11-40-67(123)116-60(73(87)129)36-29-55-108-80(88)89/h60-66H,5-58H2,1-4H3,(H2,87,129)(H,102,130)(H,103,131)(H,104,132)(H,105,133)(H,106,134)(H,107,135)(H,115,122)(H,116,123)(H,117,124)(H,118,125)(H,119,126)(H,120,127)(H,121,128)(H4,88,89,108)(H4,90,91,109)(H4,92,93,110)(H4,94,95,111)(H3,96,99,112)(H3,97,100,113)(H3,98,101,114)/t60-,61-,62-,63-,64-,65-,66-/m0/s1. The molecule has 0 aromatic rings. The highest BCUT2D eigenvalue weighted by atomic mass is 16.2. The van der Waals surface area contributed by atoms with Crippen LogP contribution in [0.15, 0.2) is 34.9 Å². The normalized spacial score (nSPS) is 12.8. The lowest BCUT2D eigenvalue weighted by Crippen LogP contribution is -2.47. The highest BCUT2D eigenvalue weighted by Crippen LogP contribution is 2.13. The van der Waals surface area contributed by atoms with Gasteiger partial charge in [-0.05, 0) is 186 Å². The summed E-state index contributed by atoms with van der Waals surface area (Å²) in [4.78, 5) is 211. The molecular formula is C86H167N35O14. The lowest BCUT2D eigenvalue weighted by atomic mass is 10.1. The number of amides is 14. The zero-order valence-electron chi connectivity index (χ0n) is 80.5. The molecule has 49 heteroatoms. The topological polar surface area (TPSA) is 830 Å². The van der Waals surface area contributed by atoms with E-state index >= 15 is 0 Å². The molecule has 40 N–H and O–H groups in total. The summed E-state index contributed by atoms with van der Waals surface area (Å²) in [6.45, 7) is 5.57. The molecule has 0 fully saturated rings. The van der Waals surface area contributed by atoms with Gasteiger partial charge in [0.1, 0.15) is 42.3 Å². The fourth-order valence-corrected chi connectivity index (χ4v) is 13.6. The predicted octanol–water partition coefficient (Wildman–Crippen LogP) is -4.73. The zero-order valence-corrected chi connectivity index (χ0v) is 80.5. The Morgan fingerprint density at radius 2 is 0.378 bits per heavy atom. The number of aliphatic imine (C=N–C) groups is 7. The van der Waals surface area contributed by atoms with Crippen molar-refractivity contribution in [3.05, 3.63) is 0 Å². The minimum atomic E-state index is -0.898. The number of carbonyl (C=O) groups excluding carboxylic acids is 14. The number of nitrogens with one attached hydrogen (secondary N) is 16. The van der Waals surface area contributed by atoms with Gasteiger partial charge in [-0.25, -0.2) is 0 Å². The van der Waals surface area contributed by atoms with Crippen LogP contribution in [-0.4, -0.2) is 273 Å².